The zero-order chi connectivity index (χ0) is 33.4. The molecule has 1 amide bonds. The predicted molar refractivity (Wildman–Crippen MR) is 150 cm³/mol. The lowest BCUT2D eigenvalue weighted by Gasteiger charge is -2.17. The number of benzene rings is 2. The summed E-state index contributed by atoms with van der Waals surface area (Å²) in [7, 11) is 0. The molecule has 3 aromatic heterocycles. The molecule has 2 N–H and O–H groups in total. The lowest BCUT2D eigenvalue weighted by Crippen LogP contribution is -2.17. The van der Waals surface area contributed by atoms with Gasteiger partial charge in [-0.3, -0.25) is 4.79 Å². The van der Waals surface area contributed by atoms with Gasteiger partial charge in [-0.15, -0.1) is 0 Å². The Morgan fingerprint density at radius 3 is 1.66 bits per heavy atom. The van der Waals surface area contributed by atoms with E-state index in [0.29, 0.717) is 25.7 Å². The van der Waals surface area contributed by atoms with Crippen molar-refractivity contribution in [2.75, 3.05) is 0 Å². The number of alkyl halides is 6. The molecule has 16 heteroatoms. The first-order chi connectivity index (χ1) is 22.2. The number of aromatic nitrogens is 6. The van der Waals surface area contributed by atoms with Crippen LogP contribution in [-0.4, -0.2) is 35.4 Å². The second-order valence-electron chi connectivity index (χ2n) is 11.4. The van der Waals surface area contributed by atoms with Crippen molar-refractivity contribution in [3.63, 3.8) is 0 Å². The van der Waals surface area contributed by atoms with Crippen molar-refractivity contribution in [1.29, 1.82) is 0 Å². The highest BCUT2D eigenvalue weighted by Gasteiger charge is 2.40. The summed E-state index contributed by atoms with van der Waals surface area (Å²) in [4.78, 5) is 21.1. The van der Waals surface area contributed by atoms with E-state index in [1.807, 2.05) is 0 Å². The Kier molecular flexibility index (Phi) is 6.95. The van der Waals surface area contributed by atoms with E-state index in [0.717, 1.165) is 39.8 Å². The summed E-state index contributed by atoms with van der Waals surface area (Å²) < 4.78 is 115. The lowest BCUT2D eigenvalue weighted by molar-refractivity contribution is -0.142. The van der Waals surface area contributed by atoms with Crippen LogP contribution in [0.3, 0.4) is 0 Å². The summed E-state index contributed by atoms with van der Waals surface area (Å²) in [5, 5.41) is 7.35. The van der Waals surface area contributed by atoms with E-state index < -0.39 is 52.7 Å². The average molecular weight is 660 g/mol. The van der Waals surface area contributed by atoms with Crippen LogP contribution < -0.4 is 5.73 Å². The molecule has 2 aliphatic carbocycles. The highest BCUT2D eigenvalue weighted by molar-refractivity contribution is 5.98. The highest BCUT2D eigenvalue weighted by Crippen LogP contribution is 2.46. The molecule has 0 saturated heterocycles. The maximum atomic E-state index is 15.7. The van der Waals surface area contributed by atoms with Gasteiger partial charge < -0.3 is 5.73 Å². The Labute approximate surface area is 259 Å². The summed E-state index contributed by atoms with van der Waals surface area (Å²) in [6.45, 7) is 0. The number of carbonyl (C=O) groups excluding carboxylic acids is 1. The minimum atomic E-state index is -4.84. The number of primary amides is 1. The van der Waals surface area contributed by atoms with Gasteiger partial charge in [-0.1, -0.05) is 24.3 Å². The van der Waals surface area contributed by atoms with Gasteiger partial charge in [0.25, 0.3) is 5.91 Å². The van der Waals surface area contributed by atoms with Gasteiger partial charge in [0.2, 0.25) is 0 Å². The molecule has 0 spiro atoms. The molecule has 2 aromatic carbocycles. The first-order valence-corrected chi connectivity index (χ1v) is 14.3. The number of amides is 1. The molecule has 3 heterocycles. The zero-order valence-electron chi connectivity index (χ0n) is 23.9. The van der Waals surface area contributed by atoms with Crippen molar-refractivity contribution in [3.05, 3.63) is 94.8 Å². The van der Waals surface area contributed by atoms with E-state index in [9.17, 15) is 31.1 Å². The summed E-state index contributed by atoms with van der Waals surface area (Å²) in [5.41, 5.74) is 1.16. The standard InChI is InChI=1S/C31H21F8N7O/c32-18-5-1-3-16(27(18)45-21(14-7-8-14)11-23(43-45)30(34,35)36)20-13-41-26(29(40)47)25(42-20)17-4-2-6-19(33)28(17)46-22(15-9-10-15)12-24(44-46)31(37,38)39/h1-6,11-15H,7-10H2,(H2,40,47). The second-order valence-corrected chi connectivity index (χ2v) is 11.4. The molecule has 2 fully saturated rings. The minimum absolute atomic E-state index is 0.0800. The van der Waals surface area contributed by atoms with Gasteiger partial charge in [0.15, 0.2) is 17.1 Å². The molecular weight excluding hydrogens is 638 g/mol. The molecular formula is C31H21F8N7O. The second kappa shape index (κ2) is 10.7. The van der Waals surface area contributed by atoms with Gasteiger partial charge in [0.1, 0.15) is 28.7 Å². The minimum Gasteiger partial charge on any atom is -0.364 e. The maximum absolute atomic E-state index is 15.7. The molecule has 0 radical (unpaired) electrons. The number of nitrogens with two attached hydrogens (primary N) is 1. The van der Waals surface area contributed by atoms with Crippen LogP contribution in [0.2, 0.25) is 0 Å². The summed E-state index contributed by atoms with van der Waals surface area (Å²) >= 11 is 0. The number of nitrogens with zero attached hydrogens (tertiary/aromatic N) is 6. The fourth-order valence-corrected chi connectivity index (χ4v) is 5.51. The van der Waals surface area contributed by atoms with Crippen molar-refractivity contribution < 1.29 is 39.9 Å². The average Bonchev–Trinajstić information content (AvgIpc) is 3.94. The van der Waals surface area contributed by atoms with Crippen LogP contribution in [0.15, 0.2) is 54.7 Å². The first kappa shape index (κ1) is 30.5. The maximum Gasteiger partial charge on any atom is 0.435 e. The smallest absolute Gasteiger partial charge is 0.364 e. The number of rotatable bonds is 7. The van der Waals surface area contributed by atoms with Crippen molar-refractivity contribution in [2.45, 2.75) is 49.9 Å². The van der Waals surface area contributed by atoms with Crippen LogP contribution in [0.5, 0.6) is 0 Å². The van der Waals surface area contributed by atoms with E-state index in [2.05, 4.69) is 20.2 Å². The summed E-state index contributed by atoms with van der Waals surface area (Å²) in [6, 6.07) is 8.85. The van der Waals surface area contributed by atoms with Crippen molar-refractivity contribution in [3.8, 4) is 33.9 Å². The third-order valence-corrected chi connectivity index (χ3v) is 7.98. The Balaban J connectivity index is 1.45. The molecule has 242 valence electrons. The van der Waals surface area contributed by atoms with Crippen LogP contribution >= 0.6 is 0 Å². The first-order valence-electron chi connectivity index (χ1n) is 14.3. The highest BCUT2D eigenvalue weighted by atomic mass is 19.4. The van der Waals surface area contributed by atoms with Crippen LogP contribution in [0, 0.1) is 11.6 Å². The number of hydrogen-bond acceptors (Lipinski definition) is 5. The van der Waals surface area contributed by atoms with E-state index in [1.54, 1.807) is 0 Å². The Morgan fingerprint density at radius 2 is 1.21 bits per heavy atom. The molecule has 2 saturated carbocycles. The fraction of sp³-hybridized carbons (Fsp3) is 0.258. The molecule has 0 bridgehead atoms. The van der Waals surface area contributed by atoms with Gasteiger partial charge in [-0.25, -0.2) is 28.1 Å². The molecule has 47 heavy (non-hydrogen) atoms. The van der Waals surface area contributed by atoms with Crippen molar-refractivity contribution >= 4 is 5.91 Å². The van der Waals surface area contributed by atoms with Gasteiger partial charge >= 0.3 is 12.4 Å². The van der Waals surface area contributed by atoms with Crippen LogP contribution in [-0.2, 0) is 12.4 Å². The van der Waals surface area contributed by atoms with E-state index in [-0.39, 0.29) is 51.4 Å². The van der Waals surface area contributed by atoms with Gasteiger partial charge in [0.05, 0.1) is 11.9 Å². The van der Waals surface area contributed by atoms with Crippen LogP contribution in [0.4, 0.5) is 35.1 Å². The van der Waals surface area contributed by atoms with Gasteiger partial charge in [0, 0.05) is 34.4 Å². The summed E-state index contributed by atoms with van der Waals surface area (Å²) in [5.74, 6) is -3.69. The third-order valence-electron chi connectivity index (χ3n) is 7.98. The molecule has 0 aliphatic heterocycles. The third kappa shape index (κ3) is 5.50. The molecule has 5 aromatic rings. The quantitative estimate of drug-likeness (QED) is 0.184. The predicted octanol–water partition coefficient (Wildman–Crippen LogP) is 7.35. The van der Waals surface area contributed by atoms with E-state index in [4.69, 9.17) is 5.73 Å². The van der Waals surface area contributed by atoms with Gasteiger partial charge in [-0.2, -0.15) is 36.5 Å². The van der Waals surface area contributed by atoms with Gasteiger partial charge in [-0.05, 0) is 49.9 Å². The van der Waals surface area contributed by atoms with Crippen LogP contribution in [0.1, 0.15) is 70.8 Å². The molecule has 7 rings (SSSR count). The molecule has 8 nitrogen and oxygen atoms in total. The largest absolute Gasteiger partial charge is 0.435 e. The Hall–Kier alpha value is -5.15. The molecule has 2 aliphatic rings. The normalized spacial score (nSPS) is 15.3. The van der Waals surface area contributed by atoms with E-state index in [1.165, 1.54) is 24.3 Å². The number of hydrogen-bond donors (Lipinski definition) is 1. The number of halogens is 8. The molecule has 0 atom stereocenters. The van der Waals surface area contributed by atoms with Crippen molar-refractivity contribution in [2.24, 2.45) is 5.73 Å². The summed E-state index contributed by atoms with van der Waals surface area (Å²) in [6.07, 6.45) is -6.40. The number of carbonyl (C=O) groups is 1. The van der Waals surface area contributed by atoms with E-state index >= 15 is 8.78 Å². The molecule has 0 unspecified atom stereocenters. The fourth-order valence-electron chi connectivity index (χ4n) is 5.51. The topological polar surface area (TPSA) is 105 Å². The number of para-hydroxylation sites is 2. The monoisotopic (exact) mass is 659 g/mol. The Bertz CT molecular complexity index is 2060. The van der Waals surface area contributed by atoms with Crippen LogP contribution in [0.25, 0.3) is 33.9 Å². The lowest BCUT2D eigenvalue weighted by atomic mass is 10.0. The SMILES string of the molecule is NC(=O)c1ncc(-c2cccc(F)c2-n2nc(C(F)(F)F)cc2C2CC2)nc1-c1cccc(F)c1-n1nc(C(F)(F)F)cc1C1CC1. The Morgan fingerprint density at radius 1 is 0.745 bits per heavy atom. The van der Waals surface area contributed by atoms with Crippen molar-refractivity contribution in [1.82, 2.24) is 29.5 Å². The zero-order valence-corrected chi connectivity index (χ0v) is 23.9.